The Labute approximate surface area is 149 Å². The zero-order chi connectivity index (χ0) is 14.5. The highest BCUT2D eigenvalue weighted by molar-refractivity contribution is 14.0. The van der Waals surface area contributed by atoms with E-state index in [1.165, 1.54) is 0 Å². The first-order valence-corrected chi connectivity index (χ1v) is 8.13. The molecule has 0 aromatic carbocycles. The van der Waals surface area contributed by atoms with E-state index in [0.717, 1.165) is 49.2 Å². The van der Waals surface area contributed by atoms with Gasteiger partial charge in [-0.05, 0) is 19.1 Å². The maximum Gasteiger partial charge on any atom is 0.191 e. The van der Waals surface area contributed by atoms with Gasteiger partial charge in [-0.3, -0.25) is 9.98 Å². The van der Waals surface area contributed by atoms with Gasteiger partial charge in [0.25, 0.3) is 0 Å². The summed E-state index contributed by atoms with van der Waals surface area (Å²) in [5.41, 5.74) is 1.09. The third-order valence-corrected chi connectivity index (χ3v) is 3.43. The first-order chi connectivity index (χ1) is 9.86. The molecular formula is C15H25IN4S. The van der Waals surface area contributed by atoms with E-state index in [-0.39, 0.29) is 24.0 Å². The Balaban J connectivity index is 0.00000400. The molecule has 0 aliphatic rings. The topological polar surface area (TPSA) is 49.3 Å². The van der Waals surface area contributed by atoms with Crippen molar-refractivity contribution in [2.24, 2.45) is 4.99 Å². The number of nitrogens with zero attached hydrogens (tertiary/aromatic N) is 2. The maximum atomic E-state index is 4.54. The summed E-state index contributed by atoms with van der Waals surface area (Å²) in [5, 5.41) is 6.58. The second-order valence-corrected chi connectivity index (χ2v) is 5.27. The van der Waals surface area contributed by atoms with Gasteiger partial charge in [0.2, 0.25) is 0 Å². The molecule has 0 amide bonds. The predicted octanol–water partition coefficient (Wildman–Crippen LogP) is 2.72. The van der Waals surface area contributed by atoms with Crippen molar-refractivity contribution in [3.8, 4) is 0 Å². The minimum absolute atomic E-state index is 0. The lowest BCUT2D eigenvalue weighted by atomic mass is 10.3. The average molecular weight is 420 g/mol. The Morgan fingerprint density at radius 2 is 2.29 bits per heavy atom. The Morgan fingerprint density at radius 3 is 2.95 bits per heavy atom. The van der Waals surface area contributed by atoms with Crippen LogP contribution in [-0.4, -0.2) is 42.1 Å². The average Bonchev–Trinajstić information content (AvgIpc) is 2.48. The monoisotopic (exact) mass is 420 g/mol. The SMILES string of the molecule is C=CCSCCN=C(NCC)NCCc1ccccn1.I. The van der Waals surface area contributed by atoms with Gasteiger partial charge < -0.3 is 10.6 Å². The molecule has 0 aliphatic carbocycles. The van der Waals surface area contributed by atoms with Crippen LogP contribution < -0.4 is 10.6 Å². The summed E-state index contributed by atoms with van der Waals surface area (Å²) in [6.45, 7) is 8.30. The molecule has 1 aromatic heterocycles. The van der Waals surface area contributed by atoms with Crippen molar-refractivity contribution in [2.75, 3.05) is 31.1 Å². The summed E-state index contributed by atoms with van der Waals surface area (Å²) < 4.78 is 0. The predicted molar refractivity (Wildman–Crippen MR) is 105 cm³/mol. The van der Waals surface area contributed by atoms with Crippen molar-refractivity contribution in [2.45, 2.75) is 13.3 Å². The van der Waals surface area contributed by atoms with Crippen LogP contribution >= 0.6 is 35.7 Å². The van der Waals surface area contributed by atoms with Crippen LogP contribution in [0.15, 0.2) is 42.0 Å². The first-order valence-electron chi connectivity index (χ1n) is 6.97. The molecule has 1 rings (SSSR count). The normalized spacial score (nSPS) is 10.6. The number of hydrogen-bond acceptors (Lipinski definition) is 3. The lowest BCUT2D eigenvalue weighted by molar-refractivity contribution is 0.792. The van der Waals surface area contributed by atoms with E-state index in [2.05, 4.69) is 34.1 Å². The van der Waals surface area contributed by atoms with Crippen molar-refractivity contribution in [1.82, 2.24) is 15.6 Å². The van der Waals surface area contributed by atoms with Crippen LogP contribution in [0.25, 0.3) is 0 Å². The van der Waals surface area contributed by atoms with Crippen molar-refractivity contribution in [1.29, 1.82) is 0 Å². The molecule has 2 N–H and O–H groups in total. The van der Waals surface area contributed by atoms with Crippen molar-refractivity contribution in [3.05, 3.63) is 42.7 Å². The summed E-state index contributed by atoms with van der Waals surface area (Å²) in [5.74, 6) is 2.88. The zero-order valence-electron chi connectivity index (χ0n) is 12.5. The fourth-order valence-electron chi connectivity index (χ4n) is 1.59. The van der Waals surface area contributed by atoms with Gasteiger partial charge in [-0.2, -0.15) is 11.8 Å². The van der Waals surface area contributed by atoms with Gasteiger partial charge in [0.15, 0.2) is 5.96 Å². The molecule has 21 heavy (non-hydrogen) atoms. The standard InChI is InChI=1S/C15H24N4S.HI/c1-3-12-20-13-11-19-15(16-4-2)18-10-8-14-7-5-6-9-17-14;/h3,5-7,9H,1,4,8,10-13H2,2H3,(H2,16,18,19);1H. The van der Waals surface area contributed by atoms with E-state index in [4.69, 9.17) is 0 Å². The molecule has 0 saturated carbocycles. The number of halogens is 1. The molecule has 0 spiro atoms. The lowest BCUT2D eigenvalue weighted by Crippen LogP contribution is -2.38. The fourth-order valence-corrected chi connectivity index (χ4v) is 2.14. The molecule has 1 aromatic rings. The second-order valence-electron chi connectivity index (χ2n) is 4.12. The van der Waals surface area contributed by atoms with Crippen molar-refractivity contribution in [3.63, 3.8) is 0 Å². The number of aromatic nitrogens is 1. The van der Waals surface area contributed by atoms with E-state index in [1.807, 2.05) is 42.2 Å². The summed E-state index contributed by atoms with van der Waals surface area (Å²) in [4.78, 5) is 8.84. The Kier molecular flexibility index (Phi) is 13.7. The second kappa shape index (κ2) is 14.2. The van der Waals surface area contributed by atoms with Crippen LogP contribution in [0.2, 0.25) is 0 Å². The number of rotatable bonds is 9. The van der Waals surface area contributed by atoms with Gasteiger partial charge in [0.05, 0.1) is 6.54 Å². The van der Waals surface area contributed by atoms with E-state index in [0.29, 0.717) is 0 Å². The molecular weight excluding hydrogens is 395 g/mol. The zero-order valence-corrected chi connectivity index (χ0v) is 15.7. The van der Waals surface area contributed by atoms with Gasteiger partial charge in [0, 0.05) is 42.9 Å². The van der Waals surface area contributed by atoms with E-state index in [9.17, 15) is 0 Å². The van der Waals surface area contributed by atoms with Crippen LogP contribution in [0.3, 0.4) is 0 Å². The Morgan fingerprint density at radius 1 is 1.43 bits per heavy atom. The highest BCUT2D eigenvalue weighted by Gasteiger charge is 1.97. The number of pyridine rings is 1. The number of guanidine groups is 1. The molecule has 6 heteroatoms. The van der Waals surface area contributed by atoms with Crippen LogP contribution in [0, 0.1) is 0 Å². The highest BCUT2D eigenvalue weighted by atomic mass is 127. The summed E-state index contributed by atoms with van der Waals surface area (Å²) in [6, 6.07) is 5.99. The summed E-state index contributed by atoms with van der Waals surface area (Å²) >= 11 is 1.84. The molecule has 0 radical (unpaired) electrons. The minimum atomic E-state index is 0. The summed E-state index contributed by atoms with van der Waals surface area (Å²) in [6.07, 6.45) is 4.65. The number of thioether (sulfide) groups is 1. The number of nitrogens with one attached hydrogen (secondary N) is 2. The number of aliphatic imine (C=N–C) groups is 1. The third-order valence-electron chi connectivity index (χ3n) is 2.49. The smallest absolute Gasteiger partial charge is 0.191 e. The number of hydrogen-bond donors (Lipinski definition) is 2. The van der Waals surface area contributed by atoms with Crippen LogP contribution in [0.5, 0.6) is 0 Å². The molecule has 0 bridgehead atoms. The Hall–Kier alpha value is -0.760. The van der Waals surface area contributed by atoms with Crippen LogP contribution in [0.1, 0.15) is 12.6 Å². The molecule has 0 aliphatic heterocycles. The summed E-state index contributed by atoms with van der Waals surface area (Å²) in [7, 11) is 0. The van der Waals surface area contributed by atoms with Gasteiger partial charge in [-0.25, -0.2) is 0 Å². The van der Waals surface area contributed by atoms with E-state index in [1.54, 1.807) is 0 Å². The highest BCUT2D eigenvalue weighted by Crippen LogP contribution is 1.98. The van der Waals surface area contributed by atoms with Gasteiger partial charge in [0.1, 0.15) is 0 Å². The van der Waals surface area contributed by atoms with Crippen molar-refractivity contribution < 1.29 is 0 Å². The molecule has 0 saturated heterocycles. The largest absolute Gasteiger partial charge is 0.357 e. The van der Waals surface area contributed by atoms with Crippen LogP contribution in [0.4, 0.5) is 0 Å². The van der Waals surface area contributed by atoms with E-state index < -0.39 is 0 Å². The van der Waals surface area contributed by atoms with Gasteiger partial charge in [-0.1, -0.05) is 12.1 Å². The molecule has 0 fully saturated rings. The van der Waals surface area contributed by atoms with Crippen molar-refractivity contribution >= 4 is 41.7 Å². The maximum absolute atomic E-state index is 4.54. The van der Waals surface area contributed by atoms with Gasteiger partial charge >= 0.3 is 0 Å². The molecule has 0 atom stereocenters. The Bertz CT molecular complexity index is 398. The molecule has 4 nitrogen and oxygen atoms in total. The van der Waals surface area contributed by atoms with Gasteiger partial charge in [-0.15, -0.1) is 30.6 Å². The first kappa shape index (κ1) is 20.2. The van der Waals surface area contributed by atoms with E-state index >= 15 is 0 Å². The fraction of sp³-hybridized carbons (Fsp3) is 0.467. The molecule has 0 unspecified atom stereocenters. The minimum Gasteiger partial charge on any atom is -0.357 e. The van der Waals surface area contributed by atoms with Crippen LogP contribution in [-0.2, 0) is 6.42 Å². The molecule has 1 heterocycles. The lowest BCUT2D eigenvalue weighted by Gasteiger charge is -2.10. The molecule has 118 valence electrons. The third kappa shape index (κ3) is 10.6. The quantitative estimate of drug-likeness (QED) is 0.212.